The summed E-state index contributed by atoms with van der Waals surface area (Å²) >= 11 is 0. The molecule has 39 valence electrons. The number of rotatable bonds is 0. The van der Waals surface area contributed by atoms with Gasteiger partial charge in [0, 0.05) is 32.7 Å². The first-order valence-electron chi connectivity index (χ1n) is 0.698. The van der Waals surface area contributed by atoms with Gasteiger partial charge < -0.3 is 2.85 Å². The zero-order valence-corrected chi connectivity index (χ0v) is 11.5. The Morgan fingerprint density at radius 2 is 1.29 bits per heavy atom. The van der Waals surface area contributed by atoms with Crippen molar-refractivity contribution in [3.8, 4) is 0 Å². The Balaban J connectivity index is -0.0000000133. The Kier molecular flexibility index (Phi) is 15.5. The van der Waals surface area contributed by atoms with Crippen LogP contribution in [-0.4, -0.2) is 66.4 Å². The van der Waals surface area contributed by atoms with Crippen LogP contribution >= 0.6 is 0 Å². The summed E-state index contributed by atoms with van der Waals surface area (Å²) in [6, 6.07) is 0. The van der Waals surface area contributed by atoms with Gasteiger partial charge >= 0.3 is 59.3 Å². The van der Waals surface area contributed by atoms with Crippen LogP contribution in [0.25, 0.3) is 0 Å². The van der Waals surface area contributed by atoms with Crippen molar-refractivity contribution in [1.82, 2.24) is 0 Å². The summed E-state index contributed by atoms with van der Waals surface area (Å²) < 4.78 is 31.6. The minimum absolute atomic E-state index is 0. The molecule has 0 atom stereocenters. The summed E-state index contributed by atoms with van der Waals surface area (Å²) in [6.45, 7) is 0. The molecule has 4 nitrogen and oxygen atoms in total. The van der Waals surface area contributed by atoms with E-state index in [0.717, 1.165) is 0 Å². The van der Waals surface area contributed by atoms with E-state index in [1.807, 2.05) is 0 Å². The van der Waals surface area contributed by atoms with E-state index in [1.165, 1.54) is 0 Å². The molecule has 0 amide bonds. The molecule has 0 bridgehead atoms. The van der Waals surface area contributed by atoms with Crippen LogP contribution in [0.5, 0.6) is 0 Å². The van der Waals surface area contributed by atoms with E-state index >= 15 is 0 Å². The maximum atomic E-state index is 8.74. The zero-order valence-electron chi connectivity index (χ0n) is 5.40. The third-order valence-electron chi connectivity index (χ3n) is 0. The summed E-state index contributed by atoms with van der Waals surface area (Å²) in [4.78, 5) is 0. The molecule has 0 aliphatic rings. The van der Waals surface area contributed by atoms with Crippen LogP contribution in [0, 0.1) is 0 Å². The molecule has 0 spiro atoms. The van der Waals surface area contributed by atoms with Crippen molar-refractivity contribution >= 4 is 59.3 Å². The van der Waals surface area contributed by atoms with Gasteiger partial charge in [0.15, 0.2) is 0 Å². The molecular formula is H4BaO4SY. The van der Waals surface area contributed by atoms with Crippen molar-refractivity contribution in [1.29, 1.82) is 0 Å². The first-order chi connectivity index (χ1) is 2.00. The molecule has 0 heterocycles. The summed E-state index contributed by atoms with van der Waals surface area (Å²) in [6.07, 6.45) is 0. The molecule has 0 saturated carbocycles. The molecule has 0 aromatic carbocycles. The van der Waals surface area contributed by atoms with Gasteiger partial charge in [-0.2, -0.15) is 8.42 Å². The van der Waals surface area contributed by atoms with Crippen LogP contribution in [0.2, 0.25) is 0 Å². The molecule has 0 fully saturated rings. The van der Waals surface area contributed by atoms with E-state index in [-0.39, 0.29) is 84.4 Å². The van der Waals surface area contributed by atoms with Crippen LogP contribution in [0.4, 0.5) is 0 Å². The molecule has 0 unspecified atom stereocenters. The smallest absolute Gasteiger partial charge is 1.00 e. The van der Waals surface area contributed by atoms with Gasteiger partial charge in [-0.25, -0.2) is 0 Å². The fourth-order valence-corrected chi connectivity index (χ4v) is 0. The topological polar surface area (TPSA) is 74.6 Å². The normalized spacial score (nSPS) is 8.29. The van der Waals surface area contributed by atoms with Gasteiger partial charge in [-0.15, -0.1) is 0 Å². The van der Waals surface area contributed by atoms with Gasteiger partial charge in [-0.3, -0.25) is 9.11 Å². The molecule has 2 N–H and O–H groups in total. The summed E-state index contributed by atoms with van der Waals surface area (Å²) in [5, 5.41) is 0. The van der Waals surface area contributed by atoms with Crippen LogP contribution in [-0.2, 0) is 43.1 Å². The minimum Gasteiger partial charge on any atom is -1.00 e. The zero-order chi connectivity index (χ0) is 4.50. The third kappa shape index (κ3) is 56.5. The van der Waals surface area contributed by atoms with E-state index in [2.05, 4.69) is 0 Å². The van der Waals surface area contributed by atoms with Gasteiger partial charge in [0.25, 0.3) is 0 Å². The minimum atomic E-state index is -4.67. The van der Waals surface area contributed by atoms with Gasteiger partial charge in [0.1, 0.15) is 0 Å². The molecule has 7 heteroatoms. The van der Waals surface area contributed by atoms with Crippen molar-refractivity contribution in [2.24, 2.45) is 0 Å². The van der Waals surface area contributed by atoms with E-state index in [4.69, 9.17) is 17.5 Å². The Morgan fingerprint density at radius 3 is 1.29 bits per heavy atom. The Morgan fingerprint density at radius 1 is 1.29 bits per heavy atom. The second-order valence-corrected chi connectivity index (χ2v) is 1.34. The van der Waals surface area contributed by atoms with Crippen molar-refractivity contribution in [3.05, 3.63) is 0 Å². The second kappa shape index (κ2) is 6.66. The van der Waals surface area contributed by atoms with Crippen LogP contribution in [0.1, 0.15) is 2.85 Å². The van der Waals surface area contributed by atoms with E-state index in [1.54, 1.807) is 0 Å². The Hall–Kier alpha value is 2.55. The van der Waals surface area contributed by atoms with E-state index in [9.17, 15) is 0 Å². The maximum absolute atomic E-state index is 8.74. The molecule has 0 aromatic rings. The molecule has 7 heavy (non-hydrogen) atoms. The summed E-state index contributed by atoms with van der Waals surface area (Å²) in [5.74, 6) is 0. The average Bonchev–Trinajstić information content (AvgIpc) is 0.722. The fraction of sp³-hybridized carbons (Fsp3) is 0. The molecule has 1 radical (unpaired) electrons. The van der Waals surface area contributed by atoms with Crippen molar-refractivity contribution in [2.75, 3.05) is 0 Å². The summed E-state index contributed by atoms with van der Waals surface area (Å²) in [7, 11) is -4.67. The average molecular weight is 326 g/mol. The van der Waals surface area contributed by atoms with Gasteiger partial charge in [0.2, 0.25) is 0 Å². The molecule has 0 aliphatic heterocycles. The second-order valence-electron chi connectivity index (χ2n) is 0.448. The first kappa shape index (κ1) is 16.3. The van der Waals surface area contributed by atoms with Crippen LogP contribution in [0.3, 0.4) is 0 Å². The molecule has 0 aliphatic carbocycles. The fourth-order valence-electron chi connectivity index (χ4n) is 0. The predicted molar refractivity (Wildman–Crippen MR) is 22.2 cm³/mol. The largest absolute Gasteiger partial charge is 2.00 e. The maximum Gasteiger partial charge on any atom is 2.00 e. The van der Waals surface area contributed by atoms with E-state index < -0.39 is 10.4 Å². The standard InChI is InChI=1S/Ba.H2O4S.Y.2H/c;1-5(2,3)4;;;/h;(H2,1,2,3,4);;;/q+2;;;2*-1. The SMILES string of the molecule is O=S(=O)(O)O.[Ba+2].[H-].[H-].[Y]. The van der Waals surface area contributed by atoms with Crippen LogP contribution < -0.4 is 0 Å². The molecule has 0 saturated heterocycles. The predicted octanol–water partition coefficient (Wildman–Crippen LogP) is -0.811. The molecule has 0 aromatic heterocycles. The van der Waals surface area contributed by atoms with Gasteiger partial charge in [-0.1, -0.05) is 0 Å². The Bertz CT molecular complexity index is 102. The molecular weight excluding hydrogens is 322 g/mol. The van der Waals surface area contributed by atoms with Gasteiger partial charge in [-0.05, 0) is 0 Å². The van der Waals surface area contributed by atoms with Crippen molar-refractivity contribution in [3.63, 3.8) is 0 Å². The van der Waals surface area contributed by atoms with Crippen molar-refractivity contribution in [2.45, 2.75) is 0 Å². The van der Waals surface area contributed by atoms with Crippen molar-refractivity contribution < 1.29 is 53.1 Å². The molecule has 0 rings (SSSR count). The van der Waals surface area contributed by atoms with Gasteiger partial charge in [0.05, 0.1) is 0 Å². The number of hydrogen-bond acceptors (Lipinski definition) is 2. The third-order valence-corrected chi connectivity index (χ3v) is 0. The Labute approximate surface area is 110 Å². The first-order valence-corrected chi connectivity index (χ1v) is 2.10. The quantitative estimate of drug-likeness (QED) is 0.451. The van der Waals surface area contributed by atoms with E-state index in [0.29, 0.717) is 0 Å². The monoisotopic (exact) mass is 327 g/mol. The van der Waals surface area contributed by atoms with Crippen LogP contribution in [0.15, 0.2) is 0 Å². The number of hydrogen-bond donors (Lipinski definition) is 2. The summed E-state index contributed by atoms with van der Waals surface area (Å²) in [5.41, 5.74) is 0.